The molecule has 0 aromatic heterocycles. The van der Waals surface area contributed by atoms with Crippen LogP contribution in [0.15, 0.2) is 30.3 Å². The van der Waals surface area contributed by atoms with Crippen molar-refractivity contribution in [1.29, 1.82) is 0 Å². The molecule has 0 heterocycles. The van der Waals surface area contributed by atoms with Crippen LogP contribution in [0.3, 0.4) is 0 Å². The molecule has 0 aliphatic rings. The Morgan fingerprint density at radius 1 is 1.00 bits per heavy atom. The number of carboxylic acids is 1. The predicted octanol–water partition coefficient (Wildman–Crippen LogP) is -1.46. The number of carbonyl (C=O) groups excluding carboxylic acids is 2. The third kappa shape index (κ3) is 7.52. The summed E-state index contributed by atoms with van der Waals surface area (Å²) in [5, 5.41) is 40.3. The fourth-order valence-electron chi connectivity index (χ4n) is 2.64. The van der Waals surface area contributed by atoms with Crippen molar-refractivity contribution in [2.75, 3.05) is 13.7 Å². The smallest absolute Gasteiger partial charge is 0.550 e. The van der Waals surface area contributed by atoms with E-state index in [1.165, 1.54) is 25.3 Å². The van der Waals surface area contributed by atoms with E-state index in [4.69, 9.17) is 9.47 Å². The summed E-state index contributed by atoms with van der Waals surface area (Å²) in [4.78, 5) is 22.7. The summed E-state index contributed by atoms with van der Waals surface area (Å²) >= 11 is 0. The molecule has 2 aromatic carbocycles. The minimum atomic E-state index is -1.19. The van der Waals surface area contributed by atoms with E-state index in [9.17, 15) is 30.0 Å². The van der Waals surface area contributed by atoms with Crippen molar-refractivity contribution in [2.45, 2.75) is 25.7 Å². The van der Waals surface area contributed by atoms with Gasteiger partial charge in [-0.25, -0.2) is 0 Å². The standard InChI is InChI=1S/C20H22O8.K/c1-27-18-7-5-12(9-15(18)22)4-6-14(21)20-16(23)10-13(11-17(20)24)28-8-2-3-19(25)26;/h5,7,9-11,22-24H,2-4,6,8H2,1H3,(H,25,26);/q;+1/p-1. The molecule has 0 atom stereocenters. The molecule has 0 radical (unpaired) electrons. The number of methoxy groups -OCH3 is 1. The summed E-state index contributed by atoms with van der Waals surface area (Å²) in [6.45, 7) is 0.0567. The van der Waals surface area contributed by atoms with Gasteiger partial charge in [0.2, 0.25) is 0 Å². The molecule has 0 saturated carbocycles. The van der Waals surface area contributed by atoms with Crippen LogP contribution in [0.2, 0.25) is 0 Å². The molecule has 3 N–H and O–H groups in total. The number of Topliss-reactive ketones (excluding diaryl/α,β-unsaturated/α-hetero) is 1. The second-order valence-electron chi connectivity index (χ2n) is 6.09. The average molecular weight is 428 g/mol. The molecule has 0 bridgehead atoms. The first-order chi connectivity index (χ1) is 13.3. The van der Waals surface area contributed by atoms with Crippen LogP contribution >= 0.6 is 0 Å². The Morgan fingerprint density at radius 3 is 2.21 bits per heavy atom. The van der Waals surface area contributed by atoms with E-state index in [-0.39, 0.29) is 101 Å². The van der Waals surface area contributed by atoms with Gasteiger partial charge >= 0.3 is 51.4 Å². The van der Waals surface area contributed by atoms with Crippen molar-refractivity contribution < 1.29 is 90.9 Å². The number of carboxylic acid groups (broad SMARTS) is 1. The number of aryl methyl sites for hydroxylation is 1. The number of hydrogen-bond donors (Lipinski definition) is 3. The Balaban J connectivity index is 0.00000420. The van der Waals surface area contributed by atoms with Crippen molar-refractivity contribution in [3.8, 4) is 28.7 Å². The van der Waals surface area contributed by atoms with Crippen LogP contribution in [0.1, 0.15) is 35.2 Å². The predicted molar refractivity (Wildman–Crippen MR) is 96.8 cm³/mol. The normalized spacial score (nSPS) is 10.1. The molecule has 0 fully saturated rings. The van der Waals surface area contributed by atoms with Crippen molar-refractivity contribution in [3.63, 3.8) is 0 Å². The number of benzene rings is 2. The van der Waals surface area contributed by atoms with Crippen molar-refractivity contribution in [3.05, 3.63) is 41.5 Å². The molecular weight excluding hydrogens is 407 g/mol. The molecule has 0 amide bonds. The first-order valence-corrected chi connectivity index (χ1v) is 8.59. The minimum Gasteiger partial charge on any atom is -0.550 e. The number of phenols is 3. The number of aliphatic carboxylic acids is 1. The van der Waals surface area contributed by atoms with Gasteiger partial charge in [0.25, 0.3) is 0 Å². The first-order valence-electron chi connectivity index (χ1n) is 8.59. The van der Waals surface area contributed by atoms with Gasteiger partial charge in [0, 0.05) is 24.5 Å². The second kappa shape index (κ2) is 12.0. The van der Waals surface area contributed by atoms with Crippen molar-refractivity contribution in [1.82, 2.24) is 0 Å². The number of carbonyl (C=O) groups is 2. The van der Waals surface area contributed by atoms with E-state index in [0.717, 1.165) is 0 Å². The largest absolute Gasteiger partial charge is 1.00 e. The molecule has 29 heavy (non-hydrogen) atoms. The zero-order valence-corrected chi connectivity index (χ0v) is 19.4. The summed E-state index contributed by atoms with van der Waals surface area (Å²) < 4.78 is 10.2. The zero-order chi connectivity index (χ0) is 20.7. The quantitative estimate of drug-likeness (QED) is 0.237. The maximum atomic E-state index is 12.4. The first kappa shape index (κ1) is 25.3. The second-order valence-corrected chi connectivity index (χ2v) is 6.09. The van der Waals surface area contributed by atoms with E-state index in [1.54, 1.807) is 12.1 Å². The van der Waals surface area contributed by atoms with Gasteiger partial charge in [0.1, 0.15) is 22.8 Å². The Bertz CT molecular complexity index is 843. The summed E-state index contributed by atoms with van der Waals surface area (Å²) in [6, 6.07) is 7.14. The topological polar surface area (TPSA) is 136 Å². The van der Waals surface area contributed by atoms with Crippen LogP contribution in [0, 0.1) is 0 Å². The van der Waals surface area contributed by atoms with Gasteiger partial charge in [-0.05, 0) is 37.0 Å². The molecule has 2 aromatic rings. The number of ketones is 1. The third-order valence-corrected chi connectivity index (χ3v) is 4.03. The Labute approximate surface area is 210 Å². The molecule has 0 saturated heterocycles. The SMILES string of the molecule is COc1ccc(CCC(=O)c2c(O)cc(OCCCC(=O)[O-])cc2O)cc1O.[K+]. The molecule has 0 spiro atoms. The van der Waals surface area contributed by atoms with Crippen LogP contribution < -0.4 is 66.0 Å². The van der Waals surface area contributed by atoms with Crippen LogP contribution in [-0.4, -0.2) is 40.8 Å². The van der Waals surface area contributed by atoms with E-state index >= 15 is 0 Å². The zero-order valence-electron chi connectivity index (χ0n) is 16.3. The molecular formula is C20H21KO8. The average Bonchev–Trinajstić information content (AvgIpc) is 2.63. The molecule has 150 valence electrons. The third-order valence-electron chi connectivity index (χ3n) is 4.03. The van der Waals surface area contributed by atoms with Crippen LogP contribution in [0.5, 0.6) is 28.7 Å². The molecule has 8 nitrogen and oxygen atoms in total. The molecule has 2 rings (SSSR count). The van der Waals surface area contributed by atoms with Crippen molar-refractivity contribution >= 4 is 11.8 Å². The van der Waals surface area contributed by atoms with Crippen LogP contribution in [0.4, 0.5) is 0 Å². The molecule has 9 heteroatoms. The Hall–Kier alpha value is -1.78. The van der Waals surface area contributed by atoms with Crippen LogP contribution in [0.25, 0.3) is 0 Å². The van der Waals surface area contributed by atoms with Gasteiger partial charge in [-0.3, -0.25) is 4.79 Å². The minimum absolute atomic E-state index is 0. The fourth-order valence-corrected chi connectivity index (χ4v) is 2.64. The summed E-state index contributed by atoms with van der Waals surface area (Å²) in [5.74, 6) is -2.15. The molecule has 0 aliphatic carbocycles. The Morgan fingerprint density at radius 2 is 1.66 bits per heavy atom. The number of ether oxygens (including phenoxy) is 2. The maximum absolute atomic E-state index is 12.4. The number of rotatable bonds is 10. The van der Waals surface area contributed by atoms with Crippen molar-refractivity contribution in [2.24, 2.45) is 0 Å². The number of phenolic OH excluding ortho intramolecular Hbond substituents is 3. The van der Waals surface area contributed by atoms with Gasteiger partial charge < -0.3 is 34.7 Å². The summed E-state index contributed by atoms with van der Waals surface area (Å²) in [7, 11) is 1.43. The van der Waals surface area contributed by atoms with Gasteiger partial charge in [0.05, 0.1) is 13.7 Å². The van der Waals surface area contributed by atoms with Crippen LogP contribution in [-0.2, 0) is 11.2 Å². The maximum Gasteiger partial charge on any atom is 1.00 e. The van der Waals surface area contributed by atoms with Gasteiger partial charge in [-0.15, -0.1) is 0 Å². The number of hydrogen-bond acceptors (Lipinski definition) is 8. The number of aromatic hydroxyl groups is 3. The summed E-state index contributed by atoms with van der Waals surface area (Å²) in [5.41, 5.74) is 0.471. The van der Waals surface area contributed by atoms with E-state index in [0.29, 0.717) is 11.3 Å². The van der Waals surface area contributed by atoms with Gasteiger partial charge in [-0.2, -0.15) is 0 Å². The molecule has 0 unspecified atom stereocenters. The van der Waals surface area contributed by atoms with E-state index < -0.39 is 23.3 Å². The monoisotopic (exact) mass is 428 g/mol. The molecule has 0 aliphatic heterocycles. The van der Waals surface area contributed by atoms with E-state index in [1.807, 2.05) is 0 Å². The van der Waals surface area contributed by atoms with Gasteiger partial charge in [-0.1, -0.05) is 6.07 Å². The van der Waals surface area contributed by atoms with E-state index in [2.05, 4.69) is 0 Å². The van der Waals surface area contributed by atoms with Gasteiger partial charge in [0.15, 0.2) is 17.3 Å². The Kier molecular flexibility index (Phi) is 10.5. The fraction of sp³-hybridized carbons (Fsp3) is 0.300. The summed E-state index contributed by atoms with van der Waals surface area (Å²) in [6.07, 6.45) is 0.324.